The summed E-state index contributed by atoms with van der Waals surface area (Å²) in [6, 6.07) is 17.1. The lowest BCUT2D eigenvalue weighted by Gasteiger charge is -2.31. The maximum Gasteiger partial charge on any atom is 0.243 e. The number of halogens is 1. The summed E-state index contributed by atoms with van der Waals surface area (Å²) in [7, 11) is 0. The van der Waals surface area contributed by atoms with E-state index in [0.29, 0.717) is 29.5 Å². The molecule has 0 aliphatic rings. The fourth-order valence-corrected chi connectivity index (χ4v) is 4.18. The van der Waals surface area contributed by atoms with Gasteiger partial charge in [0.25, 0.3) is 0 Å². The van der Waals surface area contributed by atoms with E-state index in [0.717, 1.165) is 17.5 Å². The molecule has 0 bridgehead atoms. The second kappa shape index (κ2) is 12.7. The minimum Gasteiger partial charge on any atom is -0.352 e. The van der Waals surface area contributed by atoms with Gasteiger partial charge in [0.2, 0.25) is 11.8 Å². The molecule has 0 aromatic heterocycles. The Kier molecular flexibility index (Phi) is 10.2. The summed E-state index contributed by atoms with van der Waals surface area (Å²) in [5.74, 6) is 0.890. The largest absolute Gasteiger partial charge is 0.352 e. The van der Waals surface area contributed by atoms with Crippen LogP contribution in [0.1, 0.15) is 44.7 Å². The summed E-state index contributed by atoms with van der Waals surface area (Å²) < 4.78 is 0. The summed E-state index contributed by atoms with van der Waals surface area (Å²) in [4.78, 5) is 27.8. The van der Waals surface area contributed by atoms with Crippen LogP contribution in [-0.4, -0.2) is 34.6 Å². The molecule has 162 valence electrons. The number of carbonyl (C=O) groups is 2. The number of amides is 2. The van der Waals surface area contributed by atoms with Crippen LogP contribution in [0.2, 0.25) is 5.02 Å². The van der Waals surface area contributed by atoms with Crippen LogP contribution in [0, 0.1) is 0 Å². The van der Waals surface area contributed by atoms with Crippen molar-refractivity contribution in [2.75, 3.05) is 5.75 Å². The van der Waals surface area contributed by atoms with E-state index in [2.05, 4.69) is 5.32 Å². The smallest absolute Gasteiger partial charge is 0.243 e. The van der Waals surface area contributed by atoms with Crippen molar-refractivity contribution < 1.29 is 9.59 Å². The van der Waals surface area contributed by atoms with Crippen molar-refractivity contribution in [3.8, 4) is 0 Å². The second-order valence-electron chi connectivity index (χ2n) is 7.37. The first-order valence-electron chi connectivity index (χ1n) is 10.4. The summed E-state index contributed by atoms with van der Waals surface area (Å²) in [5, 5.41) is 3.73. The zero-order chi connectivity index (χ0) is 21.9. The topological polar surface area (TPSA) is 49.4 Å². The van der Waals surface area contributed by atoms with Crippen molar-refractivity contribution in [1.82, 2.24) is 10.2 Å². The molecule has 2 aromatic rings. The summed E-state index contributed by atoms with van der Waals surface area (Å²) in [6.45, 7) is 6.38. The van der Waals surface area contributed by atoms with Crippen molar-refractivity contribution in [3.63, 3.8) is 0 Å². The van der Waals surface area contributed by atoms with Gasteiger partial charge < -0.3 is 10.2 Å². The van der Waals surface area contributed by atoms with Crippen LogP contribution in [-0.2, 0) is 21.9 Å². The Morgan fingerprint density at radius 3 is 2.37 bits per heavy atom. The van der Waals surface area contributed by atoms with E-state index >= 15 is 0 Å². The number of nitrogens with one attached hydrogen (secondary N) is 1. The molecule has 2 aromatic carbocycles. The van der Waals surface area contributed by atoms with E-state index in [1.807, 2.05) is 75.4 Å². The highest BCUT2D eigenvalue weighted by Crippen LogP contribution is 2.19. The monoisotopic (exact) mass is 446 g/mol. The normalized spacial score (nSPS) is 12.8. The summed E-state index contributed by atoms with van der Waals surface area (Å²) in [6.07, 6.45) is 1.42. The van der Waals surface area contributed by atoms with Gasteiger partial charge in [-0.3, -0.25) is 9.59 Å². The highest BCUT2D eigenvalue weighted by atomic mass is 35.5. The van der Waals surface area contributed by atoms with Crippen molar-refractivity contribution in [3.05, 3.63) is 70.7 Å². The second-order valence-corrected chi connectivity index (χ2v) is 8.79. The summed E-state index contributed by atoms with van der Waals surface area (Å²) in [5.41, 5.74) is 2.09. The van der Waals surface area contributed by atoms with Gasteiger partial charge in [-0.1, -0.05) is 67.9 Å². The first kappa shape index (κ1) is 24.3. The van der Waals surface area contributed by atoms with E-state index in [1.165, 1.54) is 11.8 Å². The number of hydrogen-bond acceptors (Lipinski definition) is 3. The lowest BCUT2D eigenvalue weighted by Crippen LogP contribution is -2.51. The maximum atomic E-state index is 13.2. The van der Waals surface area contributed by atoms with Crippen LogP contribution in [0.25, 0.3) is 0 Å². The molecule has 4 nitrogen and oxygen atoms in total. The standard InChI is InChI=1S/C24H31ClN2O2S/c1-4-18(3)26-24(29)22(5-2)27(15-19-10-7-6-8-11-19)23(28)17-30-16-20-12-9-13-21(25)14-20/h6-14,18,22H,4-5,15-17H2,1-3H3,(H,26,29). The number of carbonyl (C=O) groups excluding carboxylic acids is 2. The van der Waals surface area contributed by atoms with E-state index in [-0.39, 0.29) is 17.9 Å². The molecule has 0 radical (unpaired) electrons. The fourth-order valence-electron chi connectivity index (χ4n) is 3.11. The molecule has 6 heteroatoms. The zero-order valence-electron chi connectivity index (χ0n) is 17.9. The van der Waals surface area contributed by atoms with Crippen LogP contribution < -0.4 is 5.32 Å². The third-order valence-electron chi connectivity index (χ3n) is 4.97. The predicted molar refractivity (Wildman–Crippen MR) is 127 cm³/mol. The van der Waals surface area contributed by atoms with Gasteiger partial charge in [0, 0.05) is 23.4 Å². The van der Waals surface area contributed by atoms with E-state index in [4.69, 9.17) is 11.6 Å². The Morgan fingerprint density at radius 1 is 1.03 bits per heavy atom. The fraction of sp³-hybridized carbons (Fsp3) is 0.417. The van der Waals surface area contributed by atoms with Gasteiger partial charge in [-0.2, -0.15) is 0 Å². The van der Waals surface area contributed by atoms with Crippen molar-refractivity contribution in [1.29, 1.82) is 0 Å². The Morgan fingerprint density at radius 2 is 1.73 bits per heavy atom. The molecule has 0 aliphatic carbocycles. The molecular formula is C24H31ClN2O2S. The third kappa shape index (κ3) is 7.69. The number of hydrogen-bond donors (Lipinski definition) is 1. The lowest BCUT2D eigenvalue weighted by molar-refractivity contribution is -0.139. The van der Waals surface area contributed by atoms with Crippen molar-refractivity contribution in [2.24, 2.45) is 0 Å². The van der Waals surface area contributed by atoms with Crippen LogP contribution in [0.5, 0.6) is 0 Å². The first-order chi connectivity index (χ1) is 14.4. The van der Waals surface area contributed by atoms with E-state index in [1.54, 1.807) is 4.90 Å². The van der Waals surface area contributed by atoms with Crippen molar-refractivity contribution in [2.45, 2.75) is 58.0 Å². The van der Waals surface area contributed by atoms with E-state index in [9.17, 15) is 9.59 Å². The van der Waals surface area contributed by atoms with Gasteiger partial charge >= 0.3 is 0 Å². The SMILES string of the molecule is CCC(C)NC(=O)C(CC)N(Cc1ccccc1)C(=O)CSCc1cccc(Cl)c1. The van der Waals surface area contributed by atoms with Gasteiger partial charge in [-0.05, 0) is 43.0 Å². The molecule has 0 spiro atoms. The van der Waals surface area contributed by atoms with Crippen LogP contribution >= 0.6 is 23.4 Å². The Labute approximate surface area is 189 Å². The average Bonchev–Trinajstić information content (AvgIpc) is 2.74. The van der Waals surface area contributed by atoms with Crippen molar-refractivity contribution >= 4 is 35.2 Å². The molecule has 0 saturated heterocycles. The molecule has 0 saturated carbocycles. The first-order valence-corrected chi connectivity index (χ1v) is 11.9. The Hall–Kier alpha value is -1.98. The molecule has 0 fully saturated rings. The van der Waals surface area contributed by atoms with Gasteiger partial charge in [0.05, 0.1) is 5.75 Å². The molecule has 30 heavy (non-hydrogen) atoms. The maximum absolute atomic E-state index is 13.2. The van der Waals surface area contributed by atoms with Crippen LogP contribution in [0.15, 0.2) is 54.6 Å². The third-order valence-corrected chi connectivity index (χ3v) is 6.19. The highest BCUT2D eigenvalue weighted by Gasteiger charge is 2.29. The van der Waals surface area contributed by atoms with Gasteiger partial charge in [0.1, 0.15) is 6.04 Å². The predicted octanol–water partition coefficient (Wildman–Crippen LogP) is 5.30. The molecule has 0 aliphatic heterocycles. The molecule has 1 N–H and O–H groups in total. The molecule has 2 amide bonds. The molecule has 2 rings (SSSR count). The number of nitrogens with zero attached hydrogens (tertiary/aromatic N) is 1. The summed E-state index contributed by atoms with van der Waals surface area (Å²) >= 11 is 7.59. The minimum absolute atomic E-state index is 0.0305. The minimum atomic E-state index is -0.488. The molecule has 2 atom stereocenters. The molecule has 2 unspecified atom stereocenters. The van der Waals surface area contributed by atoms with Crippen LogP contribution in [0.3, 0.4) is 0 Å². The molecular weight excluding hydrogens is 416 g/mol. The quantitative estimate of drug-likeness (QED) is 0.509. The number of thioether (sulfide) groups is 1. The Bertz CT molecular complexity index is 816. The van der Waals surface area contributed by atoms with E-state index < -0.39 is 6.04 Å². The zero-order valence-corrected chi connectivity index (χ0v) is 19.5. The lowest BCUT2D eigenvalue weighted by atomic mass is 10.1. The Balaban J connectivity index is 2.10. The number of benzene rings is 2. The van der Waals surface area contributed by atoms with Gasteiger partial charge in [0.15, 0.2) is 0 Å². The van der Waals surface area contributed by atoms with Gasteiger partial charge in [-0.15, -0.1) is 11.8 Å². The van der Waals surface area contributed by atoms with Gasteiger partial charge in [-0.25, -0.2) is 0 Å². The average molecular weight is 447 g/mol. The number of rotatable bonds is 11. The molecule has 0 heterocycles. The van der Waals surface area contributed by atoms with Crippen LogP contribution in [0.4, 0.5) is 0 Å². The highest BCUT2D eigenvalue weighted by molar-refractivity contribution is 7.99.